The molecule has 1 aliphatic rings. The predicted molar refractivity (Wildman–Crippen MR) is 80.9 cm³/mol. The number of rotatable bonds is 3. The molecule has 4 heteroatoms. The Morgan fingerprint density at radius 3 is 2.86 bits per heavy atom. The van der Waals surface area contributed by atoms with Crippen LogP contribution in [0.5, 0.6) is 0 Å². The van der Waals surface area contributed by atoms with E-state index in [1.165, 1.54) is 12.1 Å². The summed E-state index contributed by atoms with van der Waals surface area (Å²) in [6.45, 7) is 6.31. The average molecular weight is 291 g/mol. The molecule has 0 bridgehead atoms. The van der Waals surface area contributed by atoms with Crippen molar-refractivity contribution in [3.63, 3.8) is 0 Å². The molecule has 1 aromatic carbocycles. The third-order valence-corrected chi connectivity index (χ3v) is 3.44. The molecule has 2 rings (SSSR count). The van der Waals surface area contributed by atoms with Gasteiger partial charge in [0.15, 0.2) is 6.23 Å². The molecule has 1 aromatic rings. The van der Waals surface area contributed by atoms with E-state index in [9.17, 15) is 9.18 Å². The summed E-state index contributed by atoms with van der Waals surface area (Å²) in [5.74, 6) is -0.358. The molecule has 21 heavy (non-hydrogen) atoms. The van der Waals surface area contributed by atoms with E-state index in [0.717, 1.165) is 18.5 Å². The highest BCUT2D eigenvalue weighted by Crippen LogP contribution is 2.23. The highest BCUT2D eigenvalue weighted by Gasteiger charge is 2.32. The average Bonchev–Trinajstić information content (AvgIpc) is 2.83. The summed E-state index contributed by atoms with van der Waals surface area (Å²) in [6, 6.07) is 6.43. The van der Waals surface area contributed by atoms with Crippen molar-refractivity contribution in [2.75, 3.05) is 6.54 Å². The second-order valence-electron chi connectivity index (χ2n) is 6.40. The SMILES string of the molecule is CC(C)(C)C(=O)OC1NCC[C@H]1/C=C/c1cccc(F)c1. The van der Waals surface area contributed by atoms with Gasteiger partial charge in [0.1, 0.15) is 5.82 Å². The molecule has 0 radical (unpaired) electrons. The Morgan fingerprint density at radius 2 is 2.19 bits per heavy atom. The molecular weight excluding hydrogens is 269 g/mol. The number of carbonyl (C=O) groups excluding carboxylic acids is 1. The minimum atomic E-state index is -0.513. The fraction of sp³-hybridized carbons (Fsp3) is 0.471. The Balaban J connectivity index is 2.00. The maximum atomic E-state index is 13.1. The molecule has 1 aliphatic heterocycles. The summed E-state index contributed by atoms with van der Waals surface area (Å²) < 4.78 is 18.7. The lowest BCUT2D eigenvalue weighted by molar-refractivity contribution is -0.160. The second-order valence-corrected chi connectivity index (χ2v) is 6.40. The van der Waals surface area contributed by atoms with Crippen molar-refractivity contribution in [1.82, 2.24) is 5.32 Å². The molecule has 114 valence electrons. The molecule has 0 spiro atoms. The van der Waals surface area contributed by atoms with Crippen LogP contribution >= 0.6 is 0 Å². The molecular formula is C17H22FNO2. The van der Waals surface area contributed by atoms with Crippen molar-refractivity contribution in [3.05, 3.63) is 41.7 Å². The van der Waals surface area contributed by atoms with Crippen LogP contribution in [0.4, 0.5) is 4.39 Å². The van der Waals surface area contributed by atoms with Crippen LogP contribution in [0, 0.1) is 17.2 Å². The van der Waals surface area contributed by atoms with Gasteiger partial charge >= 0.3 is 5.97 Å². The van der Waals surface area contributed by atoms with E-state index in [4.69, 9.17) is 4.74 Å². The van der Waals surface area contributed by atoms with Gasteiger partial charge in [-0.25, -0.2) is 4.39 Å². The van der Waals surface area contributed by atoms with Crippen molar-refractivity contribution in [2.24, 2.45) is 11.3 Å². The lowest BCUT2D eigenvalue weighted by atomic mass is 9.97. The van der Waals surface area contributed by atoms with E-state index in [2.05, 4.69) is 5.32 Å². The van der Waals surface area contributed by atoms with Crippen molar-refractivity contribution < 1.29 is 13.9 Å². The molecule has 1 heterocycles. The van der Waals surface area contributed by atoms with Gasteiger partial charge < -0.3 is 4.74 Å². The van der Waals surface area contributed by atoms with Crippen molar-refractivity contribution >= 4 is 12.0 Å². The Hall–Kier alpha value is -1.68. The van der Waals surface area contributed by atoms with Gasteiger partial charge in [0.2, 0.25) is 0 Å². The first kappa shape index (κ1) is 15.7. The number of ether oxygens (including phenoxy) is 1. The van der Waals surface area contributed by atoms with Crippen LogP contribution in [0.15, 0.2) is 30.3 Å². The van der Waals surface area contributed by atoms with Crippen LogP contribution < -0.4 is 5.32 Å². The topological polar surface area (TPSA) is 38.3 Å². The van der Waals surface area contributed by atoms with Crippen LogP contribution in [0.3, 0.4) is 0 Å². The highest BCUT2D eigenvalue weighted by molar-refractivity contribution is 5.75. The molecule has 0 saturated carbocycles. The fourth-order valence-corrected chi connectivity index (χ4v) is 2.16. The standard InChI is InChI=1S/C17H22FNO2/c1-17(2,3)16(20)21-15-13(9-10-19-15)8-7-12-5-4-6-14(18)11-12/h4-8,11,13,15,19H,9-10H2,1-3H3/b8-7+/t13-,15?/m1/s1. The van der Waals surface area contributed by atoms with Crippen molar-refractivity contribution in [1.29, 1.82) is 0 Å². The Kier molecular flexibility index (Phi) is 4.78. The normalized spacial score (nSPS) is 22.7. The lowest BCUT2D eigenvalue weighted by Gasteiger charge is -2.23. The molecule has 1 N–H and O–H groups in total. The van der Waals surface area contributed by atoms with Gasteiger partial charge in [-0.1, -0.05) is 24.3 Å². The van der Waals surface area contributed by atoms with E-state index < -0.39 is 5.41 Å². The zero-order valence-corrected chi connectivity index (χ0v) is 12.7. The number of hydrogen-bond donors (Lipinski definition) is 1. The summed E-state index contributed by atoms with van der Waals surface area (Å²) in [6.07, 6.45) is 4.45. The van der Waals surface area contributed by atoms with E-state index in [1.807, 2.05) is 39.0 Å². The Bertz CT molecular complexity index is 534. The number of benzene rings is 1. The van der Waals surface area contributed by atoms with Crippen LogP contribution in [-0.4, -0.2) is 18.7 Å². The highest BCUT2D eigenvalue weighted by atomic mass is 19.1. The quantitative estimate of drug-likeness (QED) is 0.868. The second kappa shape index (κ2) is 6.39. The third-order valence-electron chi connectivity index (χ3n) is 3.44. The van der Waals surface area contributed by atoms with Gasteiger partial charge in [0.05, 0.1) is 5.41 Å². The molecule has 0 aliphatic carbocycles. The van der Waals surface area contributed by atoms with Gasteiger partial charge in [-0.3, -0.25) is 10.1 Å². The molecule has 0 amide bonds. The minimum absolute atomic E-state index is 0.111. The first-order valence-electron chi connectivity index (χ1n) is 7.24. The lowest BCUT2D eigenvalue weighted by Crippen LogP contribution is -2.36. The van der Waals surface area contributed by atoms with Crippen LogP contribution in [-0.2, 0) is 9.53 Å². The van der Waals surface area contributed by atoms with Crippen molar-refractivity contribution in [2.45, 2.75) is 33.4 Å². The zero-order valence-electron chi connectivity index (χ0n) is 12.7. The fourth-order valence-electron chi connectivity index (χ4n) is 2.16. The molecule has 1 saturated heterocycles. The molecule has 2 atom stereocenters. The molecule has 1 unspecified atom stereocenters. The molecule has 3 nitrogen and oxygen atoms in total. The largest absolute Gasteiger partial charge is 0.446 e. The van der Waals surface area contributed by atoms with Crippen LogP contribution in [0.25, 0.3) is 6.08 Å². The van der Waals surface area contributed by atoms with E-state index in [0.29, 0.717) is 0 Å². The summed E-state index contributed by atoms with van der Waals surface area (Å²) in [7, 11) is 0. The van der Waals surface area contributed by atoms with Gasteiger partial charge in [0.25, 0.3) is 0 Å². The smallest absolute Gasteiger partial charge is 0.312 e. The van der Waals surface area contributed by atoms with Gasteiger partial charge in [-0.2, -0.15) is 0 Å². The monoisotopic (exact) mass is 291 g/mol. The Morgan fingerprint density at radius 1 is 1.43 bits per heavy atom. The van der Waals surface area contributed by atoms with E-state index in [-0.39, 0.29) is 23.9 Å². The molecule has 0 aromatic heterocycles. The molecule has 1 fully saturated rings. The van der Waals surface area contributed by atoms with Crippen LogP contribution in [0.2, 0.25) is 0 Å². The number of halogens is 1. The van der Waals surface area contributed by atoms with E-state index in [1.54, 1.807) is 6.07 Å². The van der Waals surface area contributed by atoms with Crippen LogP contribution in [0.1, 0.15) is 32.8 Å². The van der Waals surface area contributed by atoms with Gasteiger partial charge in [0, 0.05) is 5.92 Å². The number of hydrogen-bond acceptors (Lipinski definition) is 3. The van der Waals surface area contributed by atoms with E-state index >= 15 is 0 Å². The summed E-state index contributed by atoms with van der Waals surface area (Å²) >= 11 is 0. The summed E-state index contributed by atoms with van der Waals surface area (Å²) in [5.41, 5.74) is 0.295. The predicted octanol–water partition coefficient (Wildman–Crippen LogP) is 3.36. The van der Waals surface area contributed by atoms with Crippen molar-refractivity contribution in [3.8, 4) is 0 Å². The summed E-state index contributed by atoms with van der Waals surface area (Å²) in [5, 5.41) is 3.19. The first-order chi connectivity index (χ1) is 9.86. The Labute approximate surface area is 125 Å². The first-order valence-corrected chi connectivity index (χ1v) is 7.24. The third kappa shape index (κ3) is 4.39. The number of esters is 1. The maximum absolute atomic E-state index is 13.1. The summed E-state index contributed by atoms with van der Waals surface area (Å²) in [4.78, 5) is 11.9. The van der Waals surface area contributed by atoms with Gasteiger partial charge in [-0.05, 0) is 51.4 Å². The number of nitrogens with one attached hydrogen (secondary N) is 1. The number of carbonyl (C=O) groups is 1. The van der Waals surface area contributed by atoms with Gasteiger partial charge in [-0.15, -0.1) is 0 Å². The zero-order chi connectivity index (χ0) is 15.5. The minimum Gasteiger partial charge on any atom is -0.446 e. The maximum Gasteiger partial charge on any atom is 0.312 e.